The molecule has 4 aromatic rings. The predicted molar refractivity (Wildman–Crippen MR) is 128 cm³/mol. The summed E-state index contributed by atoms with van der Waals surface area (Å²) >= 11 is 7.81. The van der Waals surface area contributed by atoms with Gasteiger partial charge in [-0.1, -0.05) is 47.6 Å². The highest BCUT2D eigenvalue weighted by Gasteiger charge is 2.33. The molecule has 2 aliphatic rings. The predicted octanol–water partition coefficient (Wildman–Crippen LogP) is 5.87. The average molecular weight is 459 g/mol. The highest BCUT2D eigenvalue weighted by atomic mass is 35.5. The van der Waals surface area contributed by atoms with E-state index in [1.807, 2.05) is 65.6 Å². The van der Waals surface area contributed by atoms with Gasteiger partial charge < -0.3 is 0 Å². The Hall–Kier alpha value is -3.02. The van der Waals surface area contributed by atoms with Crippen LogP contribution in [0.2, 0.25) is 5.02 Å². The van der Waals surface area contributed by atoms with E-state index >= 15 is 0 Å². The maximum atomic E-state index is 13.8. The van der Waals surface area contributed by atoms with Crippen LogP contribution in [0.5, 0.6) is 0 Å². The Morgan fingerprint density at radius 2 is 1.59 bits per heavy atom. The maximum absolute atomic E-state index is 13.8. The van der Waals surface area contributed by atoms with Gasteiger partial charge in [0.25, 0.3) is 11.7 Å². The Labute approximate surface area is 196 Å². The number of carbonyl (C=O) groups excluding carboxylic acids is 1. The summed E-state index contributed by atoms with van der Waals surface area (Å²) in [6.07, 6.45) is 4.19. The van der Waals surface area contributed by atoms with Crippen LogP contribution >= 0.6 is 23.4 Å². The number of amides is 1. The van der Waals surface area contributed by atoms with Crippen molar-refractivity contribution >= 4 is 40.6 Å². The topological polar surface area (TPSA) is 29.1 Å². The molecule has 6 heteroatoms. The molecular weight excluding hydrogens is 438 g/mol. The molecule has 0 atom stereocenters. The number of halogens is 1. The number of aromatic nitrogens is 2. The molecule has 0 fully saturated rings. The molecule has 0 saturated heterocycles. The van der Waals surface area contributed by atoms with Gasteiger partial charge in [-0.2, -0.15) is 0 Å². The van der Waals surface area contributed by atoms with Crippen LogP contribution in [0.1, 0.15) is 12.2 Å². The van der Waals surface area contributed by atoms with Crippen LogP contribution in [0.4, 0.5) is 11.4 Å². The molecule has 0 bridgehead atoms. The summed E-state index contributed by atoms with van der Waals surface area (Å²) in [6, 6.07) is 24.2. The van der Waals surface area contributed by atoms with E-state index in [4.69, 9.17) is 11.6 Å². The summed E-state index contributed by atoms with van der Waals surface area (Å²) in [6.45, 7) is 1.27. The lowest BCUT2D eigenvalue weighted by atomic mass is 10.1. The smallest absolute Gasteiger partial charge is 0.273 e. The van der Waals surface area contributed by atoms with Gasteiger partial charge in [0, 0.05) is 20.4 Å². The molecule has 3 aromatic carbocycles. The van der Waals surface area contributed by atoms with Crippen molar-refractivity contribution in [3.05, 3.63) is 89.8 Å². The molecule has 3 heterocycles. The number of anilines is 2. The first-order chi connectivity index (χ1) is 15.7. The molecule has 0 saturated carbocycles. The van der Waals surface area contributed by atoms with E-state index in [0.717, 1.165) is 56.8 Å². The van der Waals surface area contributed by atoms with Gasteiger partial charge in [0.05, 0.1) is 24.3 Å². The third kappa shape index (κ3) is 3.24. The number of benzene rings is 3. The third-order valence-corrected chi connectivity index (χ3v) is 7.50. The minimum Gasteiger partial charge on any atom is -0.275 e. The molecule has 1 amide bonds. The van der Waals surface area contributed by atoms with Gasteiger partial charge in [-0.3, -0.25) is 9.69 Å². The van der Waals surface area contributed by atoms with Crippen molar-refractivity contribution in [2.75, 3.05) is 4.90 Å². The first kappa shape index (κ1) is 19.6. The Balaban J connectivity index is 1.39. The van der Waals surface area contributed by atoms with Gasteiger partial charge in [-0.05, 0) is 55.0 Å². The van der Waals surface area contributed by atoms with Crippen LogP contribution < -0.4 is 9.47 Å². The third-order valence-electron chi connectivity index (χ3n) is 6.12. The zero-order chi connectivity index (χ0) is 21.7. The molecule has 1 aromatic heterocycles. The van der Waals surface area contributed by atoms with Crippen molar-refractivity contribution in [2.24, 2.45) is 0 Å². The van der Waals surface area contributed by atoms with E-state index in [0.29, 0.717) is 6.54 Å². The van der Waals surface area contributed by atoms with Gasteiger partial charge >= 0.3 is 0 Å². The molecule has 6 rings (SSSR count). The Morgan fingerprint density at radius 3 is 2.28 bits per heavy atom. The zero-order valence-electron chi connectivity index (χ0n) is 17.4. The standard InChI is InChI=1S/C26H21ClN3OS/c27-19-13-11-18(12-14-19)22-16-28(25-10-5-15-29(22)25)17-26(31)30-20-6-1-3-8-23(20)32-24-9-4-2-7-21(24)30/h1-4,6-9,11-14,16H,5,10,15,17H2/q+1. The van der Waals surface area contributed by atoms with E-state index in [9.17, 15) is 4.79 Å². The highest BCUT2D eigenvalue weighted by Crippen LogP contribution is 2.47. The SMILES string of the molecule is O=C(C[n+]1cc(-c2ccc(Cl)cc2)n2c1CCC2)N1c2ccccc2Sc2ccccc21. The quantitative estimate of drug-likeness (QED) is 0.359. The first-order valence-electron chi connectivity index (χ1n) is 10.8. The fraction of sp³-hybridized carbons (Fsp3) is 0.154. The van der Waals surface area contributed by atoms with Crippen molar-refractivity contribution in [3.8, 4) is 11.3 Å². The van der Waals surface area contributed by atoms with Gasteiger partial charge in [0.2, 0.25) is 0 Å². The molecule has 2 aliphatic heterocycles. The number of imidazole rings is 1. The fourth-order valence-corrected chi connectivity index (χ4v) is 5.87. The Bertz CT molecular complexity index is 1300. The number of hydrogen-bond acceptors (Lipinski definition) is 2. The molecular formula is C26H21ClN3OS+. The number of nitrogens with zero attached hydrogens (tertiary/aromatic N) is 3. The van der Waals surface area contributed by atoms with E-state index in [1.165, 1.54) is 5.82 Å². The van der Waals surface area contributed by atoms with Crippen LogP contribution in [0.3, 0.4) is 0 Å². The number of para-hydroxylation sites is 2. The van der Waals surface area contributed by atoms with Crippen molar-refractivity contribution in [1.29, 1.82) is 0 Å². The summed E-state index contributed by atoms with van der Waals surface area (Å²) in [5.74, 6) is 1.27. The molecule has 158 valence electrons. The van der Waals surface area contributed by atoms with Crippen molar-refractivity contribution in [1.82, 2.24) is 4.57 Å². The normalized spacial score (nSPS) is 14.1. The van der Waals surface area contributed by atoms with E-state index in [-0.39, 0.29) is 5.91 Å². The lowest BCUT2D eigenvalue weighted by Crippen LogP contribution is -2.45. The summed E-state index contributed by atoms with van der Waals surface area (Å²) in [5.41, 5.74) is 4.16. The summed E-state index contributed by atoms with van der Waals surface area (Å²) in [7, 11) is 0. The minimum atomic E-state index is 0.0677. The lowest BCUT2D eigenvalue weighted by Gasteiger charge is -2.30. The number of fused-ring (bicyclic) bond motifs is 3. The van der Waals surface area contributed by atoms with Crippen molar-refractivity contribution in [3.63, 3.8) is 0 Å². The van der Waals surface area contributed by atoms with Gasteiger partial charge in [-0.25, -0.2) is 9.13 Å². The van der Waals surface area contributed by atoms with Crippen molar-refractivity contribution in [2.45, 2.75) is 35.7 Å². The lowest BCUT2D eigenvalue weighted by molar-refractivity contribution is -0.690. The summed E-state index contributed by atoms with van der Waals surface area (Å²) in [4.78, 5) is 17.8. The molecule has 0 unspecified atom stereocenters. The summed E-state index contributed by atoms with van der Waals surface area (Å²) in [5, 5.41) is 0.727. The Morgan fingerprint density at radius 1 is 0.938 bits per heavy atom. The van der Waals surface area contributed by atoms with Crippen molar-refractivity contribution < 1.29 is 9.36 Å². The maximum Gasteiger partial charge on any atom is 0.273 e. The second kappa shape index (κ2) is 7.84. The largest absolute Gasteiger partial charge is 0.275 e. The second-order valence-corrected chi connectivity index (χ2v) is 9.61. The second-order valence-electron chi connectivity index (χ2n) is 8.09. The van der Waals surface area contributed by atoms with E-state index in [1.54, 1.807) is 11.8 Å². The fourth-order valence-electron chi connectivity index (χ4n) is 4.69. The Kier molecular flexibility index (Phi) is 4.81. The number of rotatable bonds is 3. The van der Waals surface area contributed by atoms with Crippen LogP contribution in [0, 0.1) is 0 Å². The number of hydrogen-bond donors (Lipinski definition) is 0. The van der Waals surface area contributed by atoms with E-state index < -0.39 is 0 Å². The highest BCUT2D eigenvalue weighted by molar-refractivity contribution is 7.99. The van der Waals surface area contributed by atoms with Crippen LogP contribution in [0.15, 0.2) is 88.8 Å². The van der Waals surface area contributed by atoms with Gasteiger partial charge in [0.15, 0.2) is 12.2 Å². The van der Waals surface area contributed by atoms with Crippen LogP contribution in [-0.2, 0) is 24.3 Å². The minimum absolute atomic E-state index is 0.0677. The van der Waals surface area contributed by atoms with Crippen LogP contribution in [-0.4, -0.2) is 10.5 Å². The first-order valence-corrected chi connectivity index (χ1v) is 11.9. The molecule has 32 heavy (non-hydrogen) atoms. The molecule has 0 radical (unpaired) electrons. The van der Waals surface area contributed by atoms with Gasteiger partial charge in [0.1, 0.15) is 6.20 Å². The average Bonchev–Trinajstić information content (AvgIpc) is 3.42. The molecule has 4 nitrogen and oxygen atoms in total. The number of carbonyl (C=O) groups is 1. The molecule has 0 aliphatic carbocycles. The zero-order valence-corrected chi connectivity index (χ0v) is 18.9. The van der Waals surface area contributed by atoms with Gasteiger partial charge in [-0.15, -0.1) is 0 Å². The monoisotopic (exact) mass is 458 g/mol. The summed E-state index contributed by atoms with van der Waals surface area (Å²) < 4.78 is 4.47. The molecule has 0 N–H and O–H groups in total. The van der Waals surface area contributed by atoms with E-state index in [2.05, 4.69) is 27.5 Å². The van der Waals surface area contributed by atoms with Crippen LogP contribution in [0.25, 0.3) is 11.3 Å². The molecule has 0 spiro atoms.